The monoisotopic (exact) mass is 352 g/mol. The van der Waals surface area contributed by atoms with Crippen molar-refractivity contribution in [2.45, 2.75) is 27.3 Å². The van der Waals surface area contributed by atoms with E-state index in [2.05, 4.69) is 4.98 Å². The predicted molar refractivity (Wildman–Crippen MR) is 101 cm³/mol. The quantitative estimate of drug-likeness (QED) is 0.770. The molecule has 0 bridgehead atoms. The lowest BCUT2D eigenvalue weighted by atomic mass is 10.0. The van der Waals surface area contributed by atoms with Crippen LogP contribution in [0.3, 0.4) is 0 Å². The molecule has 5 heteroatoms. The molecule has 0 aliphatic carbocycles. The number of thioether (sulfide) groups is 1. The minimum Gasteiger partial charge on any atom is -0.269 e. The zero-order valence-electron chi connectivity index (χ0n) is 14.6. The Labute approximate surface area is 152 Å². The van der Waals surface area contributed by atoms with Crippen molar-refractivity contribution in [1.82, 2.24) is 9.88 Å². The zero-order chi connectivity index (χ0) is 18.0. The first-order chi connectivity index (χ1) is 12.0. The van der Waals surface area contributed by atoms with Crippen molar-refractivity contribution < 1.29 is 9.59 Å². The third-order valence-corrected chi connectivity index (χ3v) is 5.21. The van der Waals surface area contributed by atoms with Crippen LogP contribution in [0.25, 0.3) is 5.57 Å². The average molecular weight is 352 g/mol. The number of pyridine rings is 1. The van der Waals surface area contributed by atoms with Gasteiger partial charge in [-0.1, -0.05) is 31.2 Å². The van der Waals surface area contributed by atoms with Crippen molar-refractivity contribution in [2.75, 3.05) is 5.75 Å². The highest BCUT2D eigenvalue weighted by molar-refractivity contribution is 8.04. The van der Waals surface area contributed by atoms with Crippen LogP contribution in [-0.4, -0.2) is 27.5 Å². The van der Waals surface area contributed by atoms with E-state index >= 15 is 0 Å². The number of amides is 2. The van der Waals surface area contributed by atoms with Crippen molar-refractivity contribution in [1.29, 1.82) is 0 Å². The molecular weight excluding hydrogens is 332 g/mol. The average Bonchev–Trinajstić information content (AvgIpc) is 2.83. The van der Waals surface area contributed by atoms with E-state index in [0.29, 0.717) is 16.2 Å². The smallest absolute Gasteiger partial charge is 0.268 e. The van der Waals surface area contributed by atoms with Gasteiger partial charge in [0, 0.05) is 6.20 Å². The van der Waals surface area contributed by atoms with Gasteiger partial charge in [-0.3, -0.25) is 19.5 Å². The Hall–Kier alpha value is -2.40. The first kappa shape index (κ1) is 17.4. The molecule has 2 aromatic rings. The first-order valence-electron chi connectivity index (χ1n) is 8.23. The van der Waals surface area contributed by atoms with Crippen LogP contribution >= 0.6 is 11.8 Å². The Kier molecular flexibility index (Phi) is 5.04. The Morgan fingerprint density at radius 2 is 1.84 bits per heavy atom. The highest BCUT2D eigenvalue weighted by atomic mass is 32.2. The highest BCUT2D eigenvalue weighted by Gasteiger charge is 2.39. The number of hydrogen-bond donors (Lipinski definition) is 0. The van der Waals surface area contributed by atoms with Gasteiger partial charge in [0.25, 0.3) is 11.8 Å². The molecule has 1 aromatic heterocycles. The highest BCUT2D eigenvalue weighted by Crippen LogP contribution is 2.37. The summed E-state index contributed by atoms with van der Waals surface area (Å²) >= 11 is 1.43. The summed E-state index contributed by atoms with van der Waals surface area (Å²) in [7, 11) is 0. The number of carbonyl (C=O) groups excluding carboxylic acids is 2. The summed E-state index contributed by atoms with van der Waals surface area (Å²) in [6, 6.07) is 11.4. The van der Waals surface area contributed by atoms with Gasteiger partial charge in [-0.2, -0.15) is 0 Å². The lowest BCUT2D eigenvalue weighted by Gasteiger charge is -2.14. The number of nitrogens with zero attached hydrogens (tertiary/aromatic N) is 2. The summed E-state index contributed by atoms with van der Waals surface area (Å²) < 4.78 is 0. The molecule has 2 amide bonds. The second-order valence-electron chi connectivity index (χ2n) is 5.95. The SMILES string of the molecule is CCSC1=C(c2ccc(C)c(C)c2)C(=O)N(Cc2ccccn2)C1=O. The van der Waals surface area contributed by atoms with Gasteiger partial charge in [0.1, 0.15) is 0 Å². The van der Waals surface area contributed by atoms with Gasteiger partial charge in [0.15, 0.2) is 0 Å². The summed E-state index contributed by atoms with van der Waals surface area (Å²) in [6.07, 6.45) is 1.67. The van der Waals surface area contributed by atoms with E-state index in [1.807, 2.05) is 57.2 Å². The Bertz CT molecular complexity index is 859. The summed E-state index contributed by atoms with van der Waals surface area (Å²) in [5, 5.41) is 0. The first-order valence-corrected chi connectivity index (χ1v) is 9.22. The summed E-state index contributed by atoms with van der Waals surface area (Å²) in [5.41, 5.74) is 4.29. The molecule has 0 spiro atoms. The second-order valence-corrected chi connectivity index (χ2v) is 7.23. The molecule has 25 heavy (non-hydrogen) atoms. The number of aryl methyl sites for hydroxylation is 2. The fourth-order valence-electron chi connectivity index (χ4n) is 2.78. The van der Waals surface area contributed by atoms with E-state index in [4.69, 9.17) is 0 Å². The molecule has 4 nitrogen and oxygen atoms in total. The Morgan fingerprint density at radius 3 is 2.48 bits per heavy atom. The van der Waals surface area contributed by atoms with Crippen LogP contribution in [-0.2, 0) is 16.1 Å². The molecule has 0 radical (unpaired) electrons. The molecule has 2 heterocycles. The minimum absolute atomic E-state index is 0.195. The largest absolute Gasteiger partial charge is 0.269 e. The summed E-state index contributed by atoms with van der Waals surface area (Å²) in [6.45, 7) is 6.22. The van der Waals surface area contributed by atoms with Crippen LogP contribution in [0, 0.1) is 13.8 Å². The normalized spacial score (nSPS) is 14.6. The molecule has 1 aliphatic heterocycles. The van der Waals surface area contributed by atoms with Gasteiger partial charge < -0.3 is 0 Å². The molecule has 0 N–H and O–H groups in total. The molecule has 0 saturated heterocycles. The van der Waals surface area contributed by atoms with E-state index in [1.54, 1.807) is 6.20 Å². The summed E-state index contributed by atoms with van der Waals surface area (Å²) in [5.74, 6) is 0.269. The Balaban J connectivity index is 2.00. The van der Waals surface area contributed by atoms with E-state index in [-0.39, 0.29) is 18.4 Å². The molecule has 0 unspecified atom stereocenters. The lowest BCUT2D eigenvalue weighted by Crippen LogP contribution is -2.31. The second kappa shape index (κ2) is 7.23. The molecule has 3 rings (SSSR count). The van der Waals surface area contributed by atoms with Crippen LogP contribution in [0.5, 0.6) is 0 Å². The maximum absolute atomic E-state index is 13.0. The van der Waals surface area contributed by atoms with E-state index in [9.17, 15) is 9.59 Å². The number of hydrogen-bond acceptors (Lipinski definition) is 4. The molecule has 1 aromatic carbocycles. The number of rotatable bonds is 5. The molecular formula is C20H20N2O2S. The molecule has 1 aliphatic rings. The van der Waals surface area contributed by atoms with Gasteiger partial charge in [0.2, 0.25) is 0 Å². The van der Waals surface area contributed by atoms with Crippen LogP contribution in [0.2, 0.25) is 0 Å². The van der Waals surface area contributed by atoms with Crippen LogP contribution in [0.4, 0.5) is 0 Å². The molecule has 128 valence electrons. The van der Waals surface area contributed by atoms with E-state index in [0.717, 1.165) is 22.4 Å². The number of benzene rings is 1. The number of imide groups is 1. The molecule has 0 saturated carbocycles. The van der Waals surface area contributed by atoms with Crippen molar-refractivity contribution in [3.05, 3.63) is 69.9 Å². The summed E-state index contributed by atoms with van der Waals surface area (Å²) in [4.78, 5) is 31.9. The number of aromatic nitrogens is 1. The predicted octanol–water partition coefficient (Wildman–Crippen LogP) is 3.73. The third-order valence-electron chi connectivity index (χ3n) is 4.26. The van der Waals surface area contributed by atoms with E-state index in [1.165, 1.54) is 16.7 Å². The van der Waals surface area contributed by atoms with Crippen molar-refractivity contribution in [2.24, 2.45) is 0 Å². The van der Waals surface area contributed by atoms with Crippen LogP contribution in [0.1, 0.15) is 29.3 Å². The van der Waals surface area contributed by atoms with Crippen LogP contribution in [0.15, 0.2) is 47.5 Å². The van der Waals surface area contributed by atoms with Gasteiger partial charge in [-0.15, -0.1) is 11.8 Å². The van der Waals surface area contributed by atoms with Crippen molar-refractivity contribution >= 4 is 29.1 Å². The van der Waals surface area contributed by atoms with Gasteiger partial charge in [0.05, 0.1) is 22.7 Å². The fraction of sp³-hybridized carbons (Fsp3) is 0.250. The van der Waals surface area contributed by atoms with Crippen molar-refractivity contribution in [3.63, 3.8) is 0 Å². The maximum Gasteiger partial charge on any atom is 0.268 e. The zero-order valence-corrected chi connectivity index (χ0v) is 15.4. The Morgan fingerprint density at radius 1 is 1.04 bits per heavy atom. The maximum atomic E-state index is 13.0. The molecule has 0 atom stereocenters. The van der Waals surface area contributed by atoms with Gasteiger partial charge in [-0.05, 0) is 48.4 Å². The molecule has 0 fully saturated rings. The topological polar surface area (TPSA) is 50.3 Å². The fourth-order valence-corrected chi connectivity index (χ4v) is 3.65. The van der Waals surface area contributed by atoms with Crippen molar-refractivity contribution in [3.8, 4) is 0 Å². The van der Waals surface area contributed by atoms with Crippen LogP contribution < -0.4 is 0 Å². The lowest BCUT2D eigenvalue weighted by molar-refractivity contribution is -0.137. The standard InChI is InChI=1S/C20H20N2O2S/c1-4-25-18-17(15-9-8-13(2)14(3)11-15)19(23)22(20(18)24)12-16-7-5-6-10-21-16/h5-11H,4,12H2,1-3H3. The number of carbonyl (C=O) groups is 2. The van der Waals surface area contributed by atoms with E-state index < -0.39 is 0 Å². The third kappa shape index (κ3) is 3.37. The minimum atomic E-state index is -0.241. The van der Waals surface area contributed by atoms with Gasteiger partial charge >= 0.3 is 0 Å². The van der Waals surface area contributed by atoms with Gasteiger partial charge in [-0.25, -0.2) is 0 Å².